The van der Waals surface area contributed by atoms with Crippen molar-refractivity contribution in [2.75, 3.05) is 14.2 Å². The first-order chi connectivity index (χ1) is 12.1. The number of nitrogens with one attached hydrogen (secondary N) is 1. The molecule has 3 rings (SSSR count). The van der Waals surface area contributed by atoms with E-state index in [2.05, 4.69) is 10.3 Å². The maximum atomic E-state index is 12.2. The van der Waals surface area contributed by atoms with Gasteiger partial charge in [-0.1, -0.05) is 29.8 Å². The molecule has 1 aliphatic heterocycles. The van der Waals surface area contributed by atoms with Crippen LogP contribution in [-0.2, 0) is 4.79 Å². The third kappa shape index (κ3) is 4.03. The summed E-state index contributed by atoms with van der Waals surface area (Å²) in [6.07, 6.45) is 1.86. The van der Waals surface area contributed by atoms with Gasteiger partial charge in [-0.05, 0) is 42.5 Å². The van der Waals surface area contributed by atoms with E-state index >= 15 is 0 Å². The number of aliphatic imine (C=N–C) groups is 1. The predicted octanol–water partition coefficient (Wildman–Crippen LogP) is 3.90. The number of amidine groups is 1. The van der Waals surface area contributed by atoms with Crippen molar-refractivity contribution in [2.24, 2.45) is 4.99 Å². The number of aryl methyl sites for hydroxylation is 1. The van der Waals surface area contributed by atoms with Crippen LogP contribution in [0.3, 0.4) is 0 Å². The molecule has 0 unspecified atom stereocenters. The summed E-state index contributed by atoms with van der Waals surface area (Å²) in [6.45, 7) is 2.02. The third-order valence-corrected chi connectivity index (χ3v) is 4.51. The summed E-state index contributed by atoms with van der Waals surface area (Å²) in [5.41, 5.74) is 2.76. The molecule has 128 valence electrons. The lowest BCUT2D eigenvalue weighted by Crippen LogP contribution is -2.19. The van der Waals surface area contributed by atoms with Gasteiger partial charge in [-0.25, -0.2) is 4.99 Å². The Kier molecular flexibility index (Phi) is 5.09. The summed E-state index contributed by atoms with van der Waals surface area (Å²) >= 11 is 1.31. The Morgan fingerprint density at radius 3 is 2.68 bits per heavy atom. The van der Waals surface area contributed by atoms with E-state index in [1.54, 1.807) is 32.4 Å². The second-order valence-corrected chi connectivity index (χ2v) is 6.46. The molecule has 5 nitrogen and oxygen atoms in total. The van der Waals surface area contributed by atoms with Gasteiger partial charge in [0.1, 0.15) is 17.2 Å². The minimum absolute atomic E-state index is 0.155. The minimum Gasteiger partial charge on any atom is -0.497 e. The molecule has 1 N–H and O–H groups in total. The SMILES string of the molecule is COc1ccc(N=C2NC(=O)/C(=C/c3cccc(C)c3)S2)c(OC)c1. The van der Waals surface area contributed by atoms with Gasteiger partial charge < -0.3 is 14.8 Å². The number of nitrogens with zero attached hydrogens (tertiary/aromatic N) is 1. The second kappa shape index (κ2) is 7.44. The zero-order chi connectivity index (χ0) is 17.8. The number of ether oxygens (including phenoxy) is 2. The Labute approximate surface area is 150 Å². The lowest BCUT2D eigenvalue weighted by molar-refractivity contribution is -0.115. The van der Waals surface area contributed by atoms with Gasteiger partial charge in [-0.3, -0.25) is 4.79 Å². The molecule has 0 radical (unpaired) electrons. The maximum Gasteiger partial charge on any atom is 0.264 e. The maximum absolute atomic E-state index is 12.2. The number of hydrogen-bond donors (Lipinski definition) is 1. The van der Waals surface area contributed by atoms with Crippen molar-refractivity contribution in [2.45, 2.75) is 6.92 Å². The molecule has 1 heterocycles. The van der Waals surface area contributed by atoms with Crippen LogP contribution in [0.2, 0.25) is 0 Å². The fourth-order valence-corrected chi connectivity index (χ4v) is 3.21. The normalized spacial score (nSPS) is 17.0. The van der Waals surface area contributed by atoms with Crippen molar-refractivity contribution in [3.8, 4) is 11.5 Å². The van der Waals surface area contributed by atoms with Crippen LogP contribution in [-0.4, -0.2) is 25.3 Å². The van der Waals surface area contributed by atoms with Gasteiger partial charge in [0.2, 0.25) is 0 Å². The topological polar surface area (TPSA) is 59.9 Å². The van der Waals surface area contributed by atoms with Gasteiger partial charge >= 0.3 is 0 Å². The lowest BCUT2D eigenvalue weighted by atomic mass is 10.1. The third-order valence-electron chi connectivity index (χ3n) is 3.60. The van der Waals surface area contributed by atoms with Crippen LogP contribution in [0.25, 0.3) is 6.08 Å². The van der Waals surface area contributed by atoms with Crippen molar-refractivity contribution >= 4 is 34.6 Å². The molecule has 0 aromatic heterocycles. The van der Waals surface area contributed by atoms with E-state index in [1.807, 2.05) is 37.3 Å². The molecule has 0 spiro atoms. The zero-order valence-corrected chi connectivity index (χ0v) is 15.0. The van der Waals surface area contributed by atoms with Gasteiger partial charge in [-0.2, -0.15) is 0 Å². The highest BCUT2D eigenvalue weighted by atomic mass is 32.2. The first-order valence-electron chi connectivity index (χ1n) is 7.67. The smallest absolute Gasteiger partial charge is 0.264 e. The number of hydrogen-bond acceptors (Lipinski definition) is 5. The number of carbonyl (C=O) groups excluding carboxylic acids is 1. The van der Waals surface area contributed by atoms with Crippen LogP contribution < -0.4 is 14.8 Å². The molecule has 25 heavy (non-hydrogen) atoms. The van der Waals surface area contributed by atoms with Crippen molar-refractivity contribution in [3.63, 3.8) is 0 Å². The molecule has 1 aliphatic rings. The van der Waals surface area contributed by atoms with Gasteiger partial charge in [0.15, 0.2) is 5.17 Å². The minimum atomic E-state index is -0.155. The summed E-state index contributed by atoms with van der Waals surface area (Å²) in [5.74, 6) is 1.11. The Balaban J connectivity index is 1.86. The van der Waals surface area contributed by atoms with E-state index in [0.29, 0.717) is 27.3 Å². The van der Waals surface area contributed by atoms with Crippen LogP contribution in [0, 0.1) is 6.92 Å². The first kappa shape index (κ1) is 17.1. The lowest BCUT2D eigenvalue weighted by Gasteiger charge is -2.07. The molecular weight excluding hydrogens is 336 g/mol. The molecule has 1 amide bonds. The van der Waals surface area contributed by atoms with Crippen LogP contribution in [0.4, 0.5) is 5.69 Å². The molecule has 6 heteroatoms. The van der Waals surface area contributed by atoms with Gasteiger partial charge in [0.25, 0.3) is 5.91 Å². The number of rotatable bonds is 4. The van der Waals surface area contributed by atoms with E-state index in [-0.39, 0.29) is 5.91 Å². The monoisotopic (exact) mass is 354 g/mol. The second-order valence-electron chi connectivity index (χ2n) is 5.43. The average molecular weight is 354 g/mol. The molecule has 1 fully saturated rings. The molecule has 0 saturated carbocycles. The summed E-state index contributed by atoms with van der Waals surface area (Å²) in [7, 11) is 3.16. The number of amides is 1. The van der Waals surface area contributed by atoms with Crippen LogP contribution in [0.15, 0.2) is 52.4 Å². The Morgan fingerprint density at radius 1 is 1.12 bits per heavy atom. The molecule has 1 saturated heterocycles. The molecular formula is C19H18N2O3S. The van der Waals surface area contributed by atoms with E-state index in [1.165, 1.54) is 11.8 Å². The number of benzene rings is 2. The van der Waals surface area contributed by atoms with Crippen LogP contribution >= 0.6 is 11.8 Å². The summed E-state index contributed by atoms with van der Waals surface area (Å²) in [6, 6.07) is 13.3. The average Bonchev–Trinajstić information content (AvgIpc) is 2.94. The van der Waals surface area contributed by atoms with Crippen LogP contribution in [0.1, 0.15) is 11.1 Å². The molecule has 0 bridgehead atoms. The molecule has 2 aromatic rings. The van der Waals surface area contributed by atoms with Gasteiger partial charge in [-0.15, -0.1) is 0 Å². The highest BCUT2D eigenvalue weighted by Crippen LogP contribution is 2.34. The standard InChI is InChI=1S/C19H18N2O3S/c1-12-5-4-6-13(9-12)10-17-18(22)21-19(25-17)20-15-8-7-14(23-2)11-16(15)24-3/h4-11H,1-3H3,(H,20,21,22)/b17-10-. The fourth-order valence-electron chi connectivity index (χ4n) is 2.38. The van der Waals surface area contributed by atoms with Crippen molar-refractivity contribution < 1.29 is 14.3 Å². The summed E-state index contributed by atoms with van der Waals surface area (Å²) < 4.78 is 10.5. The Morgan fingerprint density at radius 2 is 1.96 bits per heavy atom. The molecule has 0 aliphatic carbocycles. The number of carbonyl (C=O) groups is 1. The van der Waals surface area contributed by atoms with Crippen molar-refractivity contribution in [1.82, 2.24) is 5.32 Å². The highest BCUT2D eigenvalue weighted by Gasteiger charge is 2.24. The van der Waals surface area contributed by atoms with Gasteiger partial charge in [0, 0.05) is 6.07 Å². The predicted molar refractivity (Wildman–Crippen MR) is 102 cm³/mol. The van der Waals surface area contributed by atoms with E-state index in [9.17, 15) is 4.79 Å². The van der Waals surface area contributed by atoms with Gasteiger partial charge in [0.05, 0.1) is 19.1 Å². The molecule has 2 aromatic carbocycles. The van der Waals surface area contributed by atoms with E-state index in [0.717, 1.165) is 11.1 Å². The number of methoxy groups -OCH3 is 2. The summed E-state index contributed by atoms with van der Waals surface area (Å²) in [5, 5.41) is 3.31. The van der Waals surface area contributed by atoms with Crippen LogP contribution in [0.5, 0.6) is 11.5 Å². The quantitative estimate of drug-likeness (QED) is 0.846. The zero-order valence-electron chi connectivity index (χ0n) is 14.2. The van der Waals surface area contributed by atoms with Crippen molar-refractivity contribution in [1.29, 1.82) is 0 Å². The Bertz CT molecular complexity index is 875. The highest BCUT2D eigenvalue weighted by molar-refractivity contribution is 8.18. The summed E-state index contributed by atoms with van der Waals surface area (Å²) in [4.78, 5) is 17.3. The molecule has 0 atom stereocenters. The Hall–Kier alpha value is -2.73. The fraction of sp³-hybridized carbons (Fsp3) is 0.158. The largest absolute Gasteiger partial charge is 0.497 e. The van der Waals surface area contributed by atoms with E-state index in [4.69, 9.17) is 9.47 Å². The first-order valence-corrected chi connectivity index (χ1v) is 8.49. The van der Waals surface area contributed by atoms with Crippen molar-refractivity contribution in [3.05, 3.63) is 58.5 Å². The van der Waals surface area contributed by atoms with E-state index < -0.39 is 0 Å². The number of thioether (sulfide) groups is 1.